The molecular weight excluding hydrogens is 422 g/mol. The topological polar surface area (TPSA) is 54.5 Å². The highest BCUT2D eigenvalue weighted by Gasteiger charge is 2.31. The molecule has 0 unspecified atom stereocenters. The lowest BCUT2D eigenvalue weighted by Gasteiger charge is -2.28. The van der Waals surface area contributed by atoms with Gasteiger partial charge in [-0.05, 0) is 47.5 Å². The first-order valence-electron chi connectivity index (χ1n) is 8.59. The number of sulfonamides is 1. The summed E-state index contributed by atoms with van der Waals surface area (Å²) in [6, 6.07) is 5.97. The Morgan fingerprint density at radius 2 is 1.23 bits per heavy atom. The smallest absolute Gasteiger partial charge is 0.236 e. The first-order valence-corrected chi connectivity index (χ1v) is 10.1. The maximum absolute atomic E-state index is 13.5. The molecule has 1 aliphatic heterocycles. The summed E-state index contributed by atoms with van der Waals surface area (Å²) >= 11 is 0. The van der Waals surface area contributed by atoms with Crippen molar-refractivity contribution in [2.24, 2.45) is 0 Å². The Balaban J connectivity index is 2.08. The Hall–Kier alpha value is -3.04. The van der Waals surface area contributed by atoms with E-state index >= 15 is 0 Å². The van der Waals surface area contributed by atoms with E-state index in [1.165, 1.54) is 24.3 Å². The molecule has 0 amide bonds. The van der Waals surface area contributed by atoms with Crippen LogP contribution in [0.2, 0.25) is 0 Å². The third-order valence-electron chi connectivity index (χ3n) is 4.42. The molecule has 0 N–H and O–H groups in total. The number of halogens is 4. The van der Waals surface area contributed by atoms with Gasteiger partial charge < -0.3 is 0 Å². The van der Waals surface area contributed by atoms with E-state index in [0.717, 1.165) is 28.6 Å². The van der Waals surface area contributed by atoms with Crippen molar-refractivity contribution in [3.05, 3.63) is 93.9 Å². The van der Waals surface area contributed by atoms with Crippen LogP contribution in [-0.4, -0.2) is 31.6 Å². The van der Waals surface area contributed by atoms with Crippen molar-refractivity contribution in [2.75, 3.05) is 13.1 Å². The molecule has 3 rings (SSSR count). The Labute approximate surface area is 170 Å². The summed E-state index contributed by atoms with van der Waals surface area (Å²) in [5.41, 5.74) is 0.294. The fourth-order valence-corrected chi connectivity index (χ4v) is 3.75. The van der Waals surface area contributed by atoms with E-state index in [9.17, 15) is 30.8 Å². The number of carbonyl (C=O) groups excluding carboxylic acids is 1. The third kappa shape index (κ3) is 4.58. The Bertz CT molecular complexity index is 1130. The van der Waals surface area contributed by atoms with E-state index in [1.54, 1.807) is 0 Å². The first kappa shape index (κ1) is 21.7. The van der Waals surface area contributed by atoms with Crippen molar-refractivity contribution < 1.29 is 30.8 Å². The molecular formula is C21H15F4NO3S. The second kappa shape index (κ2) is 8.37. The van der Waals surface area contributed by atoms with Gasteiger partial charge in [-0.25, -0.2) is 26.0 Å². The summed E-state index contributed by atoms with van der Waals surface area (Å²) in [6.45, 7) is 2.61. The van der Waals surface area contributed by atoms with Crippen LogP contribution in [0, 0.1) is 23.3 Å². The number of ketones is 1. The number of Topliss-reactive ketones (excluding diaryl/α,β-unsaturated/α-hetero) is 1. The van der Waals surface area contributed by atoms with Gasteiger partial charge in [-0.3, -0.25) is 4.79 Å². The predicted octanol–water partition coefficient (Wildman–Crippen LogP) is 4.07. The quantitative estimate of drug-likeness (QED) is 0.535. The van der Waals surface area contributed by atoms with Gasteiger partial charge >= 0.3 is 0 Å². The number of hydrogen-bond acceptors (Lipinski definition) is 3. The third-order valence-corrected chi connectivity index (χ3v) is 5.82. The molecule has 156 valence electrons. The summed E-state index contributed by atoms with van der Waals surface area (Å²) in [7, 11) is -3.93. The summed E-state index contributed by atoms with van der Waals surface area (Å²) < 4.78 is 78.8. The van der Waals surface area contributed by atoms with Gasteiger partial charge in [0.2, 0.25) is 10.0 Å². The van der Waals surface area contributed by atoms with Crippen LogP contribution in [0.5, 0.6) is 0 Å². The first-order chi connectivity index (χ1) is 14.1. The molecule has 4 nitrogen and oxygen atoms in total. The molecule has 0 spiro atoms. The van der Waals surface area contributed by atoms with Crippen LogP contribution in [0.15, 0.2) is 59.5 Å². The number of rotatable bonds is 4. The largest absolute Gasteiger partial charge is 0.289 e. The second-order valence-electron chi connectivity index (χ2n) is 6.50. The van der Waals surface area contributed by atoms with Crippen molar-refractivity contribution in [1.29, 1.82) is 0 Å². The highest BCUT2D eigenvalue weighted by molar-refractivity contribution is 7.92. The van der Waals surface area contributed by atoms with Crippen molar-refractivity contribution in [1.82, 2.24) is 4.31 Å². The fraction of sp³-hybridized carbons (Fsp3) is 0.0952. The lowest BCUT2D eigenvalue weighted by Crippen LogP contribution is -2.40. The maximum atomic E-state index is 13.5. The molecule has 0 radical (unpaired) electrons. The highest BCUT2D eigenvalue weighted by Crippen LogP contribution is 2.25. The van der Waals surface area contributed by atoms with Crippen LogP contribution in [0.1, 0.15) is 11.1 Å². The second-order valence-corrected chi connectivity index (χ2v) is 8.37. The summed E-state index contributed by atoms with van der Waals surface area (Å²) in [4.78, 5) is 12.9. The van der Waals surface area contributed by atoms with Gasteiger partial charge in [-0.2, -0.15) is 4.31 Å². The normalized spacial score (nSPS) is 18.2. The summed E-state index contributed by atoms with van der Waals surface area (Å²) in [5.74, 6) is -4.94. The van der Waals surface area contributed by atoms with Crippen LogP contribution in [-0.2, 0) is 14.8 Å². The Morgan fingerprint density at radius 1 is 0.800 bits per heavy atom. The molecule has 9 heteroatoms. The van der Waals surface area contributed by atoms with E-state index in [2.05, 4.69) is 6.58 Å². The van der Waals surface area contributed by atoms with Crippen molar-refractivity contribution in [2.45, 2.75) is 0 Å². The average molecular weight is 437 g/mol. The molecule has 0 aromatic heterocycles. The Kier molecular flexibility index (Phi) is 6.04. The van der Waals surface area contributed by atoms with Gasteiger partial charge in [0, 0.05) is 29.6 Å². The van der Waals surface area contributed by atoms with E-state index in [1.807, 2.05) is 0 Å². The van der Waals surface area contributed by atoms with Gasteiger partial charge in [-0.1, -0.05) is 18.7 Å². The molecule has 0 bridgehead atoms. The van der Waals surface area contributed by atoms with Crippen molar-refractivity contribution in [3.8, 4) is 0 Å². The van der Waals surface area contributed by atoms with E-state index in [-0.39, 0.29) is 35.4 Å². The lowest BCUT2D eigenvalue weighted by molar-refractivity contribution is -0.113. The molecule has 2 aromatic rings. The predicted molar refractivity (Wildman–Crippen MR) is 104 cm³/mol. The number of carbonyl (C=O) groups is 1. The van der Waals surface area contributed by atoms with Crippen LogP contribution >= 0.6 is 0 Å². The minimum atomic E-state index is -3.93. The maximum Gasteiger partial charge on any atom is 0.236 e. The molecule has 0 saturated carbocycles. The van der Waals surface area contributed by atoms with Crippen LogP contribution in [0.25, 0.3) is 12.2 Å². The monoisotopic (exact) mass is 437 g/mol. The molecule has 0 aliphatic carbocycles. The van der Waals surface area contributed by atoms with Crippen LogP contribution in [0.4, 0.5) is 17.6 Å². The number of hydrogen-bond donors (Lipinski definition) is 0. The standard InChI is InChI=1S/C21H15F4NO3S/c1-2-30(28,29)26-11-15(7-13-3-5-17(22)19(24)9-13)21(27)16(12-26)8-14-4-6-18(23)20(25)10-14/h2-10H,1,11-12H2/b15-7-,16-8+. The minimum absolute atomic E-state index is 0.00785. The lowest BCUT2D eigenvalue weighted by atomic mass is 9.95. The van der Waals surface area contributed by atoms with Gasteiger partial charge in [0.15, 0.2) is 29.1 Å². The molecule has 1 fully saturated rings. The van der Waals surface area contributed by atoms with Crippen LogP contribution in [0.3, 0.4) is 0 Å². The van der Waals surface area contributed by atoms with Gasteiger partial charge in [0.1, 0.15) is 0 Å². The van der Waals surface area contributed by atoms with Gasteiger partial charge in [0.05, 0.1) is 0 Å². The zero-order valence-corrected chi connectivity index (χ0v) is 16.2. The Morgan fingerprint density at radius 3 is 1.60 bits per heavy atom. The molecule has 1 heterocycles. The number of benzene rings is 2. The van der Waals surface area contributed by atoms with E-state index in [4.69, 9.17) is 0 Å². The zero-order chi connectivity index (χ0) is 22.1. The fourth-order valence-electron chi connectivity index (χ4n) is 2.90. The molecule has 0 atom stereocenters. The molecule has 1 saturated heterocycles. The average Bonchev–Trinajstić information content (AvgIpc) is 2.70. The minimum Gasteiger partial charge on any atom is -0.289 e. The molecule has 1 aliphatic rings. The molecule has 2 aromatic carbocycles. The number of piperidine rings is 1. The summed E-state index contributed by atoms with van der Waals surface area (Å²) in [6.07, 6.45) is 2.49. The van der Waals surface area contributed by atoms with Crippen molar-refractivity contribution in [3.63, 3.8) is 0 Å². The number of nitrogens with zero attached hydrogens (tertiary/aromatic N) is 1. The van der Waals surface area contributed by atoms with Crippen LogP contribution < -0.4 is 0 Å². The molecule has 30 heavy (non-hydrogen) atoms. The summed E-state index contributed by atoms with van der Waals surface area (Å²) in [5, 5.41) is 0.715. The highest BCUT2D eigenvalue weighted by atomic mass is 32.2. The van der Waals surface area contributed by atoms with Gasteiger partial charge in [-0.15, -0.1) is 0 Å². The van der Waals surface area contributed by atoms with E-state index < -0.39 is 39.1 Å². The zero-order valence-electron chi connectivity index (χ0n) is 15.4. The van der Waals surface area contributed by atoms with E-state index in [0.29, 0.717) is 5.41 Å². The van der Waals surface area contributed by atoms with Gasteiger partial charge in [0.25, 0.3) is 0 Å². The SMILES string of the molecule is C=CS(=O)(=O)N1C/C(=C/c2ccc(F)c(F)c2)C(=O)/C(=C/c2ccc(F)c(F)c2)C1. The van der Waals surface area contributed by atoms with Crippen molar-refractivity contribution >= 4 is 28.0 Å².